The van der Waals surface area contributed by atoms with E-state index in [0.717, 1.165) is 0 Å². The van der Waals surface area contributed by atoms with Gasteiger partial charge in [-0.3, -0.25) is 9.78 Å². The first-order valence-corrected chi connectivity index (χ1v) is 8.67. The van der Waals surface area contributed by atoms with Crippen LogP contribution in [0, 0.1) is 5.92 Å². The minimum Gasteiger partial charge on any atom is -0.355 e. The Hall–Kier alpha value is -3.24. The molecule has 4 rings (SSSR count). The molecular weight excluding hydrogens is 375 g/mol. The largest absolute Gasteiger partial charge is 0.453 e. The summed E-state index contributed by atoms with van der Waals surface area (Å²) in [7, 11) is 0. The molecule has 1 aliphatic rings. The Morgan fingerprint density at radius 1 is 1.14 bits per heavy atom. The standard InChI is InChI=1S/C17H16F3N7O/c18-17(19,20)16-24-23-13-3-4-14(25-27(13)16)26-8-5-11(6-9-26)15(28)22-12-2-1-7-21-10-12/h1-4,7,10-11H,5-6,8-9H2,(H,22,28). The Kier molecular flexibility index (Phi) is 4.57. The molecule has 1 aliphatic heterocycles. The highest BCUT2D eigenvalue weighted by Gasteiger charge is 2.38. The van der Waals surface area contributed by atoms with Crippen LogP contribution < -0.4 is 10.2 Å². The third-order valence-electron chi connectivity index (χ3n) is 4.62. The lowest BCUT2D eigenvalue weighted by Gasteiger charge is -2.32. The molecule has 3 aromatic heterocycles. The highest BCUT2D eigenvalue weighted by atomic mass is 19.4. The van der Waals surface area contributed by atoms with Crippen LogP contribution in [0.5, 0.6) is 0 Å². The van der Waals surface area contributed by atoms with Crippen LogP contribution >= 0.6 is 0 Å². The van der Waals surface area contributed by atoms with E-state index < -0.39 is 12.0 Å². The van der Waals surface area contributed by atoms with Gasteiger partial charge in [-0.2, -0.15) is 17.7 Å². The summed E-state index contributed by atoms with van der Waals surface area (Å²) in [4.78, 5) is 18.2. The average molecular weight is 391 g/mol. The lowest BCUT2D eigenvalue weighted by molar-refractivity contribution is -0.146. The van der Waals surface area contributed by atoms with Gasteiger partial charge >= 0.3 is 6.18 Å². The summed E-state index contributed by atoms with van der Waals surface area (Å²) in [5.74, 6) is -1.03. The van der Waals surface area contributed by atoms with Crippen LogP contribution in [0.3, 0.4) is 0 Å². The molecule has 146 valence electrons. The maximum Gasteiger partial charge on any atom is 0.453 e. The van der Waals surface area contributed by atoms with Crippen LogP contribution in [0.15, 0.2) is 36.7 Å². The van der Waals surface area contributed by atoms with Gasteiger partial charge in [0, 0.05) is 25.2 Å². The fourth-order valence-corrected chi connectivity index (χ4v) is 3.18. The fraction of sp³-hybridized carbons (Fsp3) is 0.353. The summed E-state index contributed by atoms with van der Waals surface area (Å²) in [5, 5.41) is 13.6. The van der Waals surface area contributed by atoms with E-state index in [9.17, 15) is 18.0 Å². The molecule has 0 unspecified atom stereocenters. The summed E-state index contributed by atoms with van der Waals surface area (Å²) < 4.78 is 39.8. The Morgan fingerprint density at radius 2 is 1.93 bits per heavy atom. The number of carbonyl (C=O) groups is 1. The zero-order valence-corrected chi connectivity index (χ0v) is 14.6. The van der Waals surface area contributed by atoms with Crippen molar-refractivity contribution in [1.29, 1.82) is 0 Å². The van der Waals surface area contributed by atoms with Crippen molar-refractivity contribution in [3.8, 4) is 0 Å². The van der Waals surface area contributed by atoms with Crippen molar-refractivity contribution in [2.45, 2.75) is 19.0 Å². The number of fused-ring (bicyclic) bond motifs is 1. The van der Waals surface area contributed by atoms with Gasteiger partial charge in [0.05, 0.1) is 11.9 Å². The van der Waals surface area contributed by atoms with Gasteiger partial charge in [-0.1, -0.05) is 0 Å². The molecule has 1 amide bonds. The fourth-order valence-electron chi connectivity index (χ4n) is 3.18. The van der Waals surface area contributed by atoms with Crippen LogP contribution in [-0.2, 0) is 11.0 Å². The van der Waals surface area contributed by atoms with Gasteiger partial charge < -0.3 is 10.2 Å². The number of anilines is 2. The third kappa shape index (κ3) is 3.59. The van der Waals surface area contributed by atoms with E-state index in [-0.39, 0.29) is 17.5 Å². The molecular formula is C17H16F3N7O. The molecule has 11 heteroatoms. The van der Waals surface area contributed by atoms with Gasteiger partial charge in [-0.25, -0.2) is 0 Å². The van der Waals surface area contributed by atoms with Crippen molar-refractivity contribution >= 4 is 23.1 Å². The Morgan fingerprint density at radius 3 is 2.61 bits per heavy atom. The van der Waals surface area contributed by atoms with Crippen molar-refractivity contribution < 1.29 is 18.0 Å². The summed E-state index contributed by atoms with van der Waals surface area (Å²) in [6.45, 7) is 1.01. The van der Waals surface area contributed by atoms with Gasteiger partial charge in [0.2, 0.25) is 5.91 Å². The van der Waals surface area contributed by atoms with Crippen LogP contribution in [0.4, 0.5) is 24.7 Å². The number of halogens is 3. The highest BCUT2D eigenvalue weighted by molar-refractivity contribution is 5.92. The molecule has 3 aromatic rings. The third-order valence-corrected chi connectivity index (χ3v) is 4.62. The maximum atomic E-state index is 13.0. The minimum absolute atomic E-state index is 0.0295. The second-order valence-corrected chi connectivity index (χ2v) is 6.48. The van der Waals surface area contributed by atoms with E-state index in [0.29, 0.717) is 42.0 Å². The smallest absolute Gasteiger partial charge is 0.355 e. The van der Waals surface area contributed by atoms with Gasteiger partial charge in [0.1, 0.15) is 5.82 Å². The first-order valence-electron chi connectivity index (χ1n) is 8.67. The summed E-state index contributed by atoms with van der Waals surface area (Å²) in [5.41, 5.74) is 0.663. The predicted molar refractivity (Wildman–Crippen MR) is 93.6 cm³/mol. The van der Waals surface area contributed by atoms with E-state index in [1.165, 1.54) is 6.07 Å². The van der Waals surface area contributed by atoms with E-state index in [2.05, 4.69) is 25.6 Å². The lowest BCUT2D eigenvalue weighted by Crippen LogP contribution is -2.38. The van der Waals surface area contributed by atoms with Crippen molar-refractivity contribution in [2.75, 3.05) is 23.3 Å². The first kappa shape index (κ1) is 18.1. The Balaban J connectivity index is 1.44. The quantitative estimate of drug-likeness (QED) is 0.738. The van der Waals surface area contributed by atoms with Crippen LogP contribution in [-0.4, -0.2) is 43.8 Å². The molecule has 0 spiro atoms. The van der Waals surface area contributed by atoms with Crippen molar-refractivity contribution in [3.63, 3.8) is 0 Å². The molecule has 4 heterocycles. The predicted octanol–water partition coefficient (Wildman–Crippen LogP) is 2.39. The number of alkyl halides is 3. The molecule has 8 nitrogen and oxygen atoms in total. The number of piperidine rings is 1. The first-order chi connectivity index (χ1) is 13.4. The molecule has 1 saturated heterocycles. The minimum atomic E-state index is -4.64. The molecule has 0 atom stereocenters. The number of aromatic nitrogens is 5. The zero-order valence-electron chi connectivity index (χ0n) is 14.6. The molecule has 0 bridgehead atoms. The van der Waals surface area contributed by atoms with Crippen molar-refractivity contribution in [2.24, 2.45) is 5.92 Å². The normalized spacial score (nSPS) is 15.8. The maximum absolute atomic E-state index is 13.0. The number of rotatable bonds is 3. The van der Waals surface area contributed by atoms with E-state index in [4.69, 9.17) is 0 Å². The number of nitrogens with one attached hydrogen (secondary N) is 1. The lowest BCUT2D eigenvalue weighted by atomic mass is 9.96. The average Bonchev–Trinajstić information content (AvgIpc) is 3.12. The van der Waals surface area contributed by atoms with Crippen molar-refractivity contribution in [3.05, 3.63) is 42.5 Å². The second kappa shape index (κ2) is 7.06. The molecule has 0 aliphatic carbocycles. The monoisotopic (exact) mass is 391 g/mol. The molecule has 0 saturated carbocycles. The number of amides is 1. The summed E-state index contributed by atoms with van der Waals surface area (Å²) in [6, 6.07) is 6.56. The number of carbonyl (C=O) groups excluding carboxylic acids is 1. The van der Waals surface area contributed by atoms with Gasteiger partial charge in [-0.05, 0) is 37.1 Å². The van der Waals surface area contributed by atoms with Crippen LogP contribution in [0.2, 0.25) is 0 Å². The van der Waals surface area contributed by atoms with E-state index >= 15 is 0 Å². The molecule has 0 radical (unpaired) electrons. The topological polar surface area (TPSA) is 88.3 Å². The second-order valence-electron chi connectivity index (χ2n) is 6.48. The number of hydrogen-bond acceptors (Lipinski definition) is 6. The number of pyridine rings is 1. The summed E-state index contributed by atoms with van der Waals surface area (Å²) >= 11 is 0. The van der Waals surface area contributed by atoms with Crippen LogP contribution in [0.25, 0.3) is 5.65 Å². The van der Waals surface area contributed by atoms with Crippen molar-refractivity contribution in [1.82, 2.24) is 24.8 Å². The highest BCUT2D eigenvalue weighted by Crippen LogP contribution is 2.28. The molecule has 1 fully saturated rings. The number of nitrogens with zero attached hydrogens (tertiary/aromatic N) is 6. The van der Waals surface area contributed by atoms with E-state index in [1.807, 2.05) is 4.90 Å². The molecule has 1 N–H and O–H groups in total. The SMILES string of the molecule is O=C(Nc1cccnc1)C1CCN(c2ccc3nnc(C(F)(F)F)n3n2)CC1. The number of hydrogen-bond donors (Lipinski definition) is 1. The summed E-state index contributed by atoms with van der Waals surface area (Å²) in [6.07, 6.45) is -0.301. The van der Waals surface area contributed by atoms with Gasteiger partial charge in [0.15, 0.2) is 5.65 Å². The molecule has 0 aromatic carbocycles. The van der Waals surface area contributed by atoms with Crippen LogP contribution in [0.1, 0.15) is 18.7 Å². The Bertz CT molecular complexity index is 981. The zero-order chi connectivity index (χ0) is 19.7. The van der Waals surface area contributed by atoms with Gasteiger partial charge in [0.25, 0.3) is 5.82 Å². The van der Waals surface area contributed by atoms with Gasteiger partial charge in [-0.15, -0.1) is 15.3 Å². The van der Waals surface area contributed by atoms with E-state index in [1.54, 1.807) is 30.6 Å². The molecule has 28 heavy (non-hydrogen) atoms. The Labute approximate surface area is 157 Å².